The van der Waals surface area contributed by atoms with Gasteiger partial charge < -0.3 is 10.6 Å². The molecule has 0 aromatic heterocycles. The fourth-order valence-corrected chi connectivity index (χ4v) is 3.17. The molecule has 1 unspecified atom stereocenters. The average Bonchev–Trinajstić information content (AvgIpc) is 2.38. The van der Waals surface area contributed by atoms with E-state index in [9.17, 15) is 9.18 Å². The van der Waals surface area contributed by atoms with Crippen LogP contribution in [0.4, 0.5) is 4.39 Å². The lowest BCUT2D eigenvalue weighted by atomic mass is 9.90. The minimum absolute atomic E-state index is 0.00692. The topological polar surface area (TPSA) is 46.3 Å². The van der Waals surface area contributed by atoms with Crippen molar-refractivity contribution in [3.05, 3.63) is 33.1 Å². The molecule has 104 valence electrons. The first-order chi connectivity index (χ1) is 8.99. The summed E-state index contributed by atoms with van der Waals surface area (Å²) in [5.41, 5.74) is 6.48. The Hall–Kier alpha value is -0.690. The summed E-state index contributed by atoms with van der Waals surface area (Å²) in [5.74, 6) is 0.181. The summed E-state index contributed by atoms with van der Waals surface area (Å²) in [6.45, 7) is 3.49. The highest BCUT2D eigenvalue weighted by molar-refractivity contribution is 14.1. The van der Waals surface area contributed by atoms with E-state index in [0.29, 0.717) is 15.1 Å². The molecule has 2 N–H and O–H groups in total. The Labute approximate surface area is 126 Å². The minimum Gasteiger partial charge on any atom is -0.339 e. The third-order valence-electron chi connectivity index (χ3n) is 3.73. The molecule has 0 spiro atoms. The highest BCUT2D eigenvalue weighted by Gasteiger charge is 2.26. The number of nitrogens with two attached hydrogens (primary N) is 1. The monoisotopic (exact) mass is 376 g/mol. The van der Waals surface area contributed by atoms with Gasteiger partial charge in [0, 0.05) is 22.7 Å². The van der Waals surface area contributed by atoms with Gasteiger partial charge in [-0.25, -0.2) is 4.39 Å². The molecule has 0 aliphatic carbocycles. The largest absolute Gasteiger partial charge is 0.339 e. The highest BCUT2D eigenvalue weighted by atomic mass is 127. The molecule has 1 aliphatic rings. The van der Waals surface area contributed by atoms with Gasteiger partial charge in [0.2, 0.25) is 0 Å². The fourth-order valence-electron chi connectivity index (χ4n) is 2.46. The zero-order valence-electron chi connectivity index (χ0n) is 10.9. The number of benzene rings is 1. The Morgan fingerprint density at radius 1 is 1.47 bits per heavy atom. The van der Waals surface area contributed by atoms with Gasteiger partial charge in [0.25, 0.3) is 5.91 Å². The van der Waals surface area contributed by atoms with Crippen LogP contribution in [-0.2, 0) is 0 Å². The van der Waals surface area contributed by atoms with Crippen LogP contribution in [0.5, 0.6) is 0 Å². The molecule has 1 aromatic rings. The van der Waals surface area contributed by atoms with Gasteiger partial charge in [0.15, 0.2) is 0 Å². The molecule has 1 aromatic carbocycles. The normalized spacial score (nSPS) is 18.4. The van der Waals surface area contributed by atoms with E-state index in [-0.39, 0.29) is 17.8 Å². The molecule has 1 aliphatic heterocycles. The summed E-state index contributed by atoms with van der Waals surface area (Å²) < 4.78 is 13.7. The molecular formula is C14H18FIN2O. The number of carbonyl (C=O) groups excluding carboxylic acids is 1. The van der Waals surface area contributed by atoms with Gasteiger partial charge in [0.1, 0.15) is 5.82 Å². The molecular weight excluding hydrogens is 358 g/mol. The number of nitrogens with zero attached hydrogens (tertiary/aromatic N) is 1. The summed E-state index contributed by atoms with van der Waals surface area (Å²) in [6.07, 6.45) is 1.89. The molecule has 1 fully saturated rings. The molecule has 0 bridgehead atoms. The van der Waals surface area contributed by atoms with Crippen LogP contribution in [0.25, 0.3) is 0 Å². The van der Waals surface area contributed by atoms with E-state index < -0.39 is 0 Å². The van der Waals surface area contributed by atoms with Crippen LogP contribution in [0.2, 0.25) is 0 Å². The van der Waals surface area contributed by atoms with Gasteiger partial charge in [-0.3, -0.25) is 4.79 Å². The van der Waals surface area contributed by atoms with Crippen molar-refractivity contribution in [1.29, 1.82) is 0 Å². The average molecular weight is 376 g/mol. The third kappa shape index (κ3) is 3.45. The molecule has 1 heterocycles. The van der Waals surface area contributed by atoms with Gasteiger partial charge in [-0.05, 0) is 66.5 Å². The molecule has 3 nitrogen and oxygen atoms in total. The first kappa shape index (κ1) is 14.7. The smallest absolute Gasteiger partial charge is 0.254 e. The molecule has 1 amide bonds. The Kier molecular flexibility index (Phi) is 4.78. The number of hydrogen-bond acceptors (Lipinski definition) is 2. The number of rotatable bonds is 2. The van der Waals surface area contributed by atoms with E-state index in [0.717, 1.165) is 25.9 Å². The lowest BCUT2D eigenvalue weighted by Crippen LogP contribution is -2.42. The van der Waals surface area contributed by atoms with Crippen molar-refractivity contribution in [1.82, 2.24) is 4.90 Å². The van der Waals surface area contributed by atoms with Crippen LogP contribution in [0, 0.1) is 15.3 Å². The third-order valence-corrected chi connectivity index (χ3v) is 4.62. The van der Waals surface area contributed by atoms with Crippen molar-refractivity contribution in [3.8, 4) is 0 Å². The highest BCUT2D eigenvalue weighted by Crippen LogP contribution is 2.23. The van der Waals surface area contributed by atoms with E-state index in [1.165, 1.54) is 12.1 Å². The fraction of sp³-hybridized carbons (Fsp3) is 0.500. The van der Waals surface area contributed by atoms with Crippen molar-refractivity contribution >= 4 is 28.5 Å². The van der Waals surface area contributed by atoms with E-state index >= 15 is 0 Å². The summed E-state index contributed by atoms with van der Waals surface area (Å²) in [5, 5.41) is 0. The quantitative estimate of drug-likeness (QED) is 0.807. The molecule has 1 saturated heterocycles. The Morgan fingerprint density at radius 2 is 2.11 bits per heavy atom. The lowest BCUT2D eigenvalue weighted by Gasteiger charge is -2.34. The summed E-state index contributed by atoms with van der Waals surface area (Å²) in [6, 6.07) is 4.48. The SMILES string of the molecule is CC(N)C1CCN(C(=O)c2ccc(F)cc2I)CC1. The summed E-state index contributed by atoms with van der Waals surface area (Å²) in [7, 11) is 0. The maximum Gasteiger partial charge on any atom is 0.254 e. The van der Waals surface area contributed by atoms with Gasteiger partial charge in [0.05, 0.1) is 5.56 Å². The second-order valence-electron chi connectivity index (χ2n) is 5.11. The second kappa shape index (κ2) is 6.17. The van der Waals surface area contributed by atoms with E-state index in [1.54, 1.807) is 6.07 Å². The molecule has 19 heavy (non-hydrogen) atoms. The van der Waals surface area contributed by atoms with E-state index in [2.05, 4.69) is 0 Å². The molecule has 2 rings (SSSR count). The lowest BCUT2D eigenvalue weighted by molar-refractivity contribution is 0.0680. The maximum atomic E-state index is 13.0. The van der Waals surface area contributed by atoms with Crippen LogP contribution in [0.3, 0.4) is 0 Å². The number of amides is 1. The van der Waals surface area contributed by atoms with Crippen molar-refractivity contribution < 1.29 is 9.18 Å². The molecule has 0 radical (unpaired) electrons. The second-order valence-corrected chi connectivity index (χ2v) is 6.28. The number of carbonyl (C=O) groups is 1. The molecule has 5 heteroatoms. The van der Waals surface area contributed by atoms with E-state index in [4.69, 9.17) is 5.73 Å². The zero-order chi connectivity index (χ0) is 14.0. The van der Waals surface area contributed by atoms with Crippen molar-refractivity contribution in [2.24, 2.45) is 11.7 Å². The summed E-state index contributed by atoms with van der Waals surface area (Å²) in [4.78, 5) is 14.2. The van der Waals surface area contributed by atoms with Crippen LogP contribution >= 0.6 is 22.6 Å². The first-order valence-electron chi connectivity index (χ1n) is 6.49. The van der Waals surface area contributed by atoms with Crippen LogP contribution in [0.1, 0.15) is 30.1 Å². The predicted octanol–water partition coefficient (Wildman–Crippen LogP) is 2.63. The minimum atomic E-state index is -0.309. The van der Waals surface area contributed by atoms with Gasteiger partial charge in [-0.15, -0.1) is 0 Å². The number of halogens is 2. The van der Waals surface area contributed by atoms with Gasteiger partial charge in [-0.1, -0.05) is 0 Å². The predicted molar refractivity (Wildman–Crippen MR) is 81.4 cm³/mol. The number of hydrogen-bond donors (Lipinski definition) is 1. The Morgan fingerprint density at radius 3 is 2.63 bits per heavy atom. The molecule has 1 atom stereocenters. The zero-order valence-corrected chi connectivity index (χ0v) is 13.1. The van der Waals surface area contributed by atoms with Crippen molar-refractivity contribution in [2.45, 2.75) is 25.8 Å². The van der Waals surface area contributed by atoms with Crippen LogP contribution in [0.15, 0.2) is 18.2 Å². The van der Waals surface area contributed by atoms with Crippen molar-refractivity contribution in [2.75, 3.05) is 13.1 Å². The molecule has 0 saturated carbocycles. The van der Waals surface area contributed by atoms with Crippen LogP contribution in [-0.4, -0.2) is 29.9 Å². The Balaban J connectivity index is 2.05. The summed E-state index contributed by atoms with van der Waals surface area (Å²) >= 11 is 2.00. The number of piperidine rings is 1. The van der Waals surface area contributed by atoms with Gasteiger partial charge in [-0.2, -0.15) is 0 Å². The first-order valence-corrected chi connectivity index (χ1v) is 7.57. The van der Waals surface area contributed by atoms with E-state index in [1.807, 2.05) is 34.4 Å². The standard InChI is InChI=1S/C14H18FIN2O/c1-9(17)10-4-6-18(7-5-10)14(19)12-3-2-11(15)8-13(12)16/h2-3,8-10H,4-7,17H2,1H3. The van der Waals surface area contributed by atoms with Crippen LogP contribution < -0.4 is 5.73 Å². The van der Waals surface area contributed by atoms with Gasteiger partial charge >= 0.3 is 0 Å². The maximum absolute atomic E-state index is 13.0. The number of likely N-dealkylation sites (tertiary alicyclic amines) is 1. The Bertz CT molecular complexity index is 471. The van der Waals surface area contributed by atoms with Crippen molar-refractivity contribution in [3.63, 3.8) is 0 Å².